The Kier molecular flexibility index (Phi) is 7.11. The second-order valence-electron chi connectivity index (χ2n) is 8.24. The van der Waals surface area contributed by atoms with Crippen LogP contribution in [0.3, 0.4) is 0 Å². The number of pyridine rings is 1. The third-order valence-corrected chi connectivity index (χ3v) is 6.49. The van der Waals surface area contributed by atoms with Crippen LogP contribution in [0.25, 0.3) is 10.9 Å². The van der Waals surface area contributed by atoms with E-state index in [2.05, 4.69) is 10.5 Å². The molecule has 1 aliphatic heterocycles. The van der Waals surface area contributed by atoms with Gasteiger partial charge >= 0.3 is 5.97 Å². The first-order chi connectivity index (χ1) is 16.8. The number of benzene rings is 2. The van der Waals surface area contributed by atoms with E-state index >= 15 is 4.39 Å². The summed E-state index contributed by atoms with van der Waals surface area (Å²) in [6, 6.07) is 12.6. The van der Waals surface area contributed by atoms with Crippen LogP contribution >= 0.6 is 12.2 Å². The molecule has 0 unspecified atom stereocenters. The fourth-order valence-corrected chi connectivity index (χ4v) is 4.38. The second-order valence-corrected chi connectivity index (χ2v) is 8.62. The molecule has 8 nitrogen and oxygen atoms in total. The highest BCUT2D eigenvalue weighted by Crippen LogP contribution is 2.26. The minimum absolute atomic E-state index is 0.0589. The van der Waals surface area contributed by atoms with Gasteiger partial charge in [0.2, 0.25) is 5.43 Å². The number of carbonyl (C=O) groups is 1. The van der Waals surface area contributed by atoms with Crippen molar-refractivity contribution in [1.29, 1.82) is 0 Å². The summed E-state index contributed by atoms with van der Waals surface area (Å²) in [6.45, 7) is 6.38. The molecule has 2 N–H and O–H groups in total. The summed E-state index contributed by atoms with van der Waals surface area (Å²) in [6.07, 6.45) is 1.31. The highest BCUT2D eigenvalue weighted by Gasteiger charge is 2.23. The van der Waals surface area contributed by atoms with E-state index in [4.69, 9.17) is 12.2 Å². The van der Waals surface area contributed by atoms with Crippen molar-refractivity contribution in [3.63, 3.8) is 0 Å². The Morgan fingerprint density at radius 1 is 1.17 bits per heavy atom. The molecule has 0 radical (unpaired) electrons. The molecule has 35 heavy (non-hydrogen) atoms. The Bertz CT molecular complexity index is 1370. The number of halogens is 1. The molecule has 0 atom stereocenters. The lowest BCUT2D eigenvalue weighted by molar-refractivity contribution is 0.0695. The van der Waals surface area contributed by atoms with Gasteiger partial charge in [0, 0.05) is 44.3 Å². The number of aromatic nitrogens is 1. The largest absolute Gasteiger partial charge is 0.477 e. The maximum atomic E-state index is 15.1. The fraction of sp³-hybridized carbons (Fsp3) is 0.280. The third kappa shape index (κ3) is 5.02. The maximum Gasteiger partial charge on any atom is 0.341 e. The minimum atomic E-state index is -1.33. The Balaban J connectivity index is 1.49. The van der Waals surface area contributed by atoms with Crippen molar-refractivity contribution in [1.82, 2.24) is 14.9 Å². The van der Waals surface area contributed by atoms with E-state index in [0.717, 1.165) is 17.3 Å². The van der Waals surface area contributed by atoms with Crippen LogP contribution in [-0.4, -0.2) is 57.5 Å². The van der Waals surface area contributed by atoms with Crippen LogP contribution in [-0.2, 0) is 6.54 Å². The van der Waals surface area contributed by atoms with Gasteiger partial charge in [-0.25, -0.2) is 9.18 Å². The number of carboxylic acid groups (broad SMARTS) is 1. The maximum absolute atomic E-state index is 15.1. The third-order valence-electron chi connectivity index (χ3n) is 6.14. The standard InChI is InChI=1S/C25H26FN5O3S/c1-3-29-15-19(24(33)34)23(32)18-13-20(26)22(14-21(18)29)30-9-11-31(12-10-30)25(35)28-27-16(2)17-7-5-4-6-8-17/h4-8,13-15H,3,9-12H2,1-2H3,(H,28,35)(H,33,34)/b27-16-. The summed E-state index contributed by atoms with van der Waals surface area (Å²) in [7, 11) is 0. The summed E-state index contributed by atoms with van der Waals surface area (Å²) < 4.78 is 16.7. The van der Waals surface area contributed by atoms with Crippen LogP contribution in [0.1, 0.15) is 29.8 Å². The number of hydrazone groups is 1. The second kappa shape index (κ2) is 10.2. The lowest BCUT2D eigenvalue weighted by atomic mass is 10.1. The number of thiocarbonyl (C=S) groups is 1. The molecule has 1 saturated heterocycles. The van der Waals surface area contributed by atoms with E-state index in [0.29, 0.717) is 49.0 Å². The van der Waals surface area contributed by atoms with E-state index < -0.39 is 17.2 Å². The monoisotopic (exact) mass is 495 g/mol. The van der Waals surface area contributed by atoms with Gasteiger partial charge in [0.1, 0.15) is 11.4 Å². The lowest BCUT2D eigenvalue weighted by Gasteiger charge is -2.37. The normalized spacial score (nSPS) is 14.3. The van der Waals surface area contributed by atoms with Crippen molar-refractivity contribution in [2.24, 2.45) is 5.10 Å². The number of carboxylic acids is 1. The van der Waals surface area contributed by atoms with Gasteiger partial charge in [0.15, 0.2) is 5.11 Å². The Hall–Kier alpha value is -3.79. The Labute approximate surface area is 207 Å². The van der Waals surface area contributed by atoms with Gasteiger partial charge in [-0.2, -0.15) is 5.10 Å². The number of nitrogens with zero attached hydrogens (tertiary/aromatic N) is 4. The van der Waals surface area contributed by atoms with E-state index in [1.165, 1.54) is 6.20 Å². The minimum Gasteiger partial charge on any atom is -0.477 e. The number of hydrogen-bond acceptors (Lipinski definition) is 5. The van der Waals surface area contributed by atoms with E-state index in [9.17, 15) is 14.7 Å². The van der Waals surface area contributed by atoms with Crippen LogP contribution in [0.5, 0.6) is 0 Å². The van der Waals surface area contributed by atoms with Gasteiger partial charge in [-0.15, -0.1) is 0 Å². The van der Waals surface area contributed by atoms with E-state index in [1.54, 1.807) is 10.6 Å². The van der Waals surface area contributed by atoms with Crippen molar-refractivity contribution in [2.45, 2.75) is 20.4 Å². The molecule has 0 spiro atoms. The zero-order chi connectivity index (χ0) is 25.1. The number of piperazine rings is 1. The quantitative estimate of drug-likeness (QED) is 0.319. The van der Waals surface area contributed by atoms with Crippen molar-refractivity contribution in [3.8, 4) is 0 Å². The number of aryl methyl sites for hydroxylation is 1. The Morgan fingerprint density at radius 3 is 2.49 bits per heavy atom. The van der Waals surface area contributed by atoms with Crippen molar-refractivity contribution in [3.05, 3.63) is 75.8 Å². The van der Waals surface area contributed by atoms with Gasteiger partial charge in [0.25, 0.3) is 0 Å². The molecular weight excluding hydrogens is 469 g/mol. The zero-order valence-electron chi connectivity index (χ0n) is 19.5. The van der Waals surface area contributed by atoms with Gasteiger partial charge in [-0.05, 0) is 43.8 Å². The molecule has 3 aromatic rings. The molecule has 2 aromatic carbocycles. The van der Waals surface area contributed by atoms with Crippen LogP contribution in [0.4, 0.5) is 10.1 Å². The summed E-state index contributed by atoms with van der Waals surface area (Å²) in [5.41, 5.74) is 4.58. The molecule has 4 rings (SSSR count). The van der Waals surface area contributed by atoms with Crippen molar-refractivity contribution in [2.75, 3.05) is 31.1 Å². The van der Waals surface area contributed by atoms with Crippen LogP contribution in [0.15, 0.2) is 58.6 Å². The fourth-order valence-electron chi connectivity index (χ4n) is 4.15. The molecule has 1 fully saturated rings. The number of hydrogen-bond donors (Lipinski definition) is 2. The van der Waals surface area contributed by atoms with E-state index in [-0.39, 0.29) is 10.9 Å². The first kappa shape index (κ1) is 24.3. The smallest absolute Gasteiger partial charge is 0.341 e. The molecule has 2 heterocycles. The SMILES string of the molecule is CCn1cc(C(=O)O)c(=O)c2cc(F)c(N3CCN(C(=S)N/N=C(/C)c4ccccc4)CC3)cc21. The average Bonchev–Trinajstić information content (AvgIpc) is 2.87. The number of nitrogens with one attached hydrogen (secondary N) is 1. The number of fused-ring (bicyclic) bond motifs is 1. The molecule has 1 aliphatic rings. The number of anilines is 1. The van der Waals surface area contributed by atoms with Crippen molar-refractivity contribution >= 4 is 45.6 Å². The summed E-state index contributed by atoms with van der Waals surface area (Å²) in [5, 5.41) is 14.3. The Morgan fingerprint density at radius 2 is 1.86 bits per heavy atom. The van der Waals surface area contributed by atoms with Crippen LogP contribution < -0.4 is 15.8 Å². The molecule has 0 bridgehead atoms. The lowest BCUT2D eigenvalue weighted by Crippen LogP contribution is -2.51. The average molecular weight is 496 g/mol. The molecule has 0 saturated carbocycles. The zero-order valence-corrected chi connectivity index (χ0v) is 20.3. The van der Waals surface area contributed by atoms with Crippen LogP contribution in [0.2, 0.25) is 0 Å². The summed E-state index contributed by atoms with van der Waals surface area (Å²) in [5.74, 6) is -1.88. The topological polar surface area (TPSA) is 90.2 Å². The predicted octanol–water partition coefficient (Wildman–Crippen LogP) is 3.28. The number of rotatable bonds is 5. The molecule has 182 valence electrons. The summed E-state index contributed by atoms with van der Waals surface area (Å²) >= 11 is 5.50. The molecule has 1 aromatic heterocycles. The first-order valence-electron chi connectivity index (χ1n) is 11.3. The molecule has 10 heteroatoms. The molecule has 0 aliphatic carbocycles. The van der Waals surface area contributed by atoms with Gasteiger partial charge in [0.05, 0.1) is 16.9 Å². The molecular formula is C25H26FN5O3S. The first-order valence-corrected chi connectivity index (χ1v) is 11.7. The van der Waals surface area contributed by atoms with Crippen LogP contribution in [0, 0.1) is 5.82 Å². The highest BCUT2D eigenvalue weighted by molar-refractivity contribution is 7.80. The van der Waals surface area contributed by atoms with E-state index in [1.807, 2.05) is 54.0 Å². The predicted molar refractivity (Wildman–Crippen MR) is 139 cm³/mol. The van der Waals surface area contributed by atoms with Gasteiger partial charge < -0.3 is 19.5 Å². The summed E-state index contributed by atoms with van der Waals surface area (Å²) in [4.78, 5) is 27.9. The van der Waals surface area contributed by atoms with Crippen molar-refractivity contribution < 1.29 is 14.3 Å². The van der Waals surface area contributed by atoms with Gasteiger partial charge in [-0.3, -0.25) is 10.2 Å². The molecule has 0 amide bonds. The number of aromatic carboxylic acids is 1. The van der Waals surface area contributed by atoms with Gasteiger partial charge in [-0.1, -0.05) is 30.3 Å². The highest BCUT2D eigenvalue weighted by atomic mass is 32.1.